The lowest BCUT2D eigenvalue weighted by Crippen LogP contribution is -2.27. The number of rotatable bonds is 5. The van der Waals surface area contributed by atoms with Gasteiger partial charge in [0.2, 0.25) is 0 Å². The molecule has 112 valence electrons. The van der Waals surface area contributed by atoms with Crippen molar-refractivity contribution < 1.29 is 9.18 Å². The molecule has 0 radical (unpaired) electrons. The van der Waals surface area contributed by atoms with Crippen LogP contribution in [0, 0.1) is 12.7 Å². The Morgan fingerprint density at radius 1 is 1.52 bits per heavy atom. The second kappa shape index (κ2) is 6.62. The lowest BCUT2D eigenvalue weighted by molar-refractivity contribution is 0.0779. The van der Waals surface area contributed by atoms with Crippen LogP contribution in [0.4, 0.5) is 10.2 Å². The summed E-state index contributed by atoms with van der Waals surface area (Å²) in [4.78, 5) is 22.0. The SMILES string of the molecule is CCNc1nccc(C(=O)N(C)Cc2csc(C)n2)c1F. The third-order valence-electron chi connectivity index (χ3n) is 2.88. The van der Waals surface area contributed by atoms with Crippen molar-refractivity contribution >= 4 is 23.1 Å². The smallest absolute Gasteiger partial charge is 0.257 e. The zero-order valence-corrected chi connectivity index (χ0v) is 13.0. The van der Waals surface area contributed by atoms with Crippen LogP contribution in [-0.2, 0) is 6.54 Å². The summed E-state index contributed by atoms with van der Waals surface area (Å²) >= 11 is 1.52. The summed E-state index contributed by atoms with van der Waals surface area (Å²) in [6.07, 6.45) is 1.43. The average molecular weight is 308 g/mol. The molecule has 2 rings (SSSR count). The van der Waals surface area contributed by atoms with Crippen LogP contribution in [0.1, 0.15) is 28.0 Å². The van der Waals surface area contributed by atoms with Crippen molar-refractivity contribution in [2.24, 2.45) is 0 Å². The van der Waals surface area contributed by atoms with Gasteiger partial charge >= 0.3 is 0 Å². The molecule has 0 spiro atoms. The summed E-state index contributed by atoms with van der Waals surface area (Å²) in [6, 6.07) is 1.39. The third kappa shape index (κ3) is 3.55. The molecular formula is C14H17FN4OS. The van der Waals surface area contributed by atoms with E-state index < -0.39 is 5.82 Å². The Bertz CT molecular complexity index is 644. The van der Waals surface area contributed by atoms with E-state index in [1.807, 2.05) is 19.2 Å². The Morgan fingerprint density at radius 2 is 2.29 bits per heavy atom. The van der Waals surface area contributed by atoms with Gasteiger partial charge in [-0.3, -0.25) is 4.79 Å². The van der Waals surface area contributed by atoms with Crippen LogP contribution in [0.3, 0.4) is 0 Å². The van der Waals surface area contributed by atoms with Crippen molar-refractivity contribution in [2.45, 2.75) is 20.4 Å². The quantitative estimate of drug-likeness (QED) is 0.922. The topological polar surface area (TPSA) is 58.1 Å². The molecule has 0 atom stereocenters. The Morgan fingerprint density at radius 3 is 2.90 bits per heavy atom. The molecular weight excluding hydrogens is 291 g/mol. The van der Waals surface area contributed by atoms with Crippen LogP contribution < -0.4 is 5.32 Å². The van der Waals surface area contributed by atoms with Crippen molar-refractivity contribution in [2.75, 3.05) is 18.9 Å². The second-order valence-corrected chi connectivity index (χ2v) is 5.63. The number of hydrogen-bond acceptors (Lipinski definition) is 5. The van der Waals surface area contributed by atoms with Crippen molar-refractivity contribution in [1.29, 1.82) is 0 Å². The number of anilines is 1. The highest BCUT2D eigenvalue weighted by Gasteiger charge is 2.19. The summed E-state index contributed by atoms with van der Waals surface area (Å²) in [5.41, 5.74) is 0.810. The molecule has 2 heterocycles. The number of halogens is 1. The predicted octanol–water partition coefficient (Wildman–Crippen LogP) is 2.69. The minimum absolute atomic E-state index is 0.00963. The summed E-state index contributed by atoms with van der Waals surface area (Å²) in [5.74, 6) is -0.911. The molecule has 1 amide bonds. The Hall–Kier alpha value is -2.02. The number of aromatic nitrogens is 2. The van der Waals surface area contributed by atoms with Gasteiger partial charge in [0.15, 0.2) is 11.6 Å². The molecule has 0 saturated heterocycles. The van der Waals surface area contributed by atoms with Gasteiger partial charge < -0.3 is 10.2 Å². The van der Waals surface area contributed by atoms with Gasteiger partial charge in [-0.25, -0.2) is 14.4 Å². The first-order chi connectivity index (χ1) is 10.0. The first-order valence-corrected chi connectivity index (χ1v) is 7.45. The molecule has 0 aliphatic heterocycles. The molecule has 0 bridgehead atoms. The van der Waals surface area contributed by atoms with E-state index in [0.29, 0.717) is 13.1 Å². The molecule has 0 aliphatic carbocycles. The molecule has 1 N–H and O–H groups in total. The van der Waals surface area contributed by atoms with Crippen molar-refractivity contribution in [3.63, 3.8) is 0 Å². The highest BCUT2D eigenvalue weighted by Crippen LogP contribution is 2.18. The Balaban J connectivity index is 2.17. The predicted molar refractivity (Wildman–Crippen MR) is 81.0 cm³/mol. The van der Waals surface area contributed by atoms with Crippen LogP contribution in [-0.4, -0.2) is 34.4 Å². The molecule has 0 aliphatic rings. The third-order valence-corrected chi connectivity index (χ3v) is 3.70. The van der Waals surface area contributed by atoms with E-state index in [4.69, 9.17) is 0 Å². The lowest BCUT2D eigenvalue weighted by Gasteiger charge is -2.17. The highest BCUT2D eigenvalue weighted by molar-refractivity contribution is 7.09. The minimum Gasteiger partial charge on any atom is -0.368 e. The normalized spacial score (nSPS) is 10.5. The van der Waals surface area contributed by atoms with E-state index in [0.717, 1.165) is 10.7 Å². The van der Waals surface area contributed by atoms with E-state index in [2.05, 4.69) is 15.3 Å². The zero-order chi connectivity index (χ0) is 15.4. The number of carbonyl (C=O) groups excluding carboxylic acids is 1. The van der Waals surface area contributed by atoms with E-state index >= 15 is 0 Å². The van der Waals surface area contributed by atoms with Gasteiger partial charge in [0.05, 0.1) is 22.8 Å². The lowest BCUT2D eigenvalue weighted by atomic mass is 10.2. The number of amides is 1. The van der Waals surface area contributed by atoms with E-state index in [1.165, 1.54) is 28.5 Å². The van der Waals surface area contributed by atoms with Crippen LogP contribution in [0.15, 0.2) is 17.6 Å². The van der Waals surface area contributed by atoms with Gasteiger partial charge in [0.25, 0.3) is 5.91 Å². The Labute approximate surface area is 126 Å². The van der Waals surface area contributed by atoms with Crippen molar-refractivity contribution in [3.8, 4) is 0 Å². The van der Waals surface area contributed by atoms with Gasteiger partial charge in [-0.15, -0.1) is 11.3 Å². The molecule has 7 heteroatoms. The minimum atomic E-state index is -0.620. The van der Waals surface area contributed by atoms with E-state index in [9.17, 15) is 9.18 Å². The van der Waals surface area contributed by atoms with E-state index in [-0.39, 0.29) is 17.3 Å². The molecule has 0 fully saturated rings. The molecule has 5 nitrogen and oxygen atoms in total. The largest absolute Gasteiger partial charge is 0.368 e. The summed E-state index contributed by atoms with van der Waals surface area (Å²) in [5, 5.41) is 5.63. The van der Waals surface area contributed by atoms with Gasteiger partial charge in [0.1, 0.15) is 0 Å². The molecule has 0 saturated carbocycles. The number of pyridine rings is 1. The van der Waals surface area contributed by atoms with Crippen molar-refractivity contribution in [1.82, 2.24) is 14.9 Å². The van der Waals surface area contributed by atoms with E-state index in [1.54, 1.807) is 7.05 Å². The monoisotopic (exact) mass is 308 g/mol. The molecule has 2 aromatic rings. The molecule has 21 heavy (non-hydrogen) atoms. The maximum absolute atomic E-state index is 14.2. The first kappa shape index (κ1) is 15.4. The van der Waals surface area contributed by atoms with Crippen molar-refractivity contribution in [3.05, 3.63) is 39.7 Å². The number of hydrogen-bond donors (Lipinski definition) is 1. The van der Waals surface area contributed by atoms with Gasteiger partial charge in [-0.1, -0.05) is 0 Å². The molecule has 0 unspecified atom stereocenters. The van der Waals surface area contributed by atoms with Crippen LogP contribution in [0.5, 0.6) is 0 Å². The van der Waals surface area contributed by atoms with Crippen LogP contribution in [0.2, 0.25) is 0 Å². The standard InChI is InChI=1S/C14H17FN4OS/c1-4-16-13-12(15)11(5-6-17-13)14(20)19(3)7-10-8-21-9(2)18-10/h5-6,8H,4,7H2,1-3H3,(H,16,17). The number of nitrogens with one attached hydrogen (secondary N) is 1. The molecule has 2 aromatic heterocycles. The summed E-state index contributed by atoms with van der Waals surface area (Å²) in [6.45, 7) is 4.63. The van der Waals surface area contributed by atoms with Crippen LogP contribution in [0.25, 0.3) is 0 Å². The fraction of sp³-hybridized carbons (Fsp3) is 0.357. The maximum atomic E-state index is 14.2. The van der Waals surface area contributed by atoms with Gasteiger partial charge in [0, 0.05) is 25.2 Å². The maximum Gasteiger partial charge on any atom is 0.257 e. The fourth-order valence-corrected chi connectivity index (χ4v) is 2.50. The number of aryl methyl sites for hydroxylation is 1. The van der Waals surface area contributed by atoms with Gasteiger partial charge in [-0.2, -0.15) is 0 Å². The first-order valence-electron chi connectivity index (χ1n) is 6.57. The summed E-state index contributed by atoms with van der Waals surface area (Å²) < 4.78 is 14.2. The molecule has 0 aromatic carbocycles. The second-order valence-electron chi connectivity index (χ2n) is 4.57. The number of thiazole rings is 1. The Kier molecular flexibility index (Phi) is 4.85. The average Bonchev–Trinajstić information content (AvgIpc) is 2.86. The van der Waals surface area contributed by atoms with Gasteiger partial charge in [-0.05, 0) is 19.9 Å². The number of carbonyl (C=O) groups is 1. The zero-order valence-electron chi connectivity index (χ0n) is 12.2. The van der Waals surface area contributed by atoms with Crippen LogP contribution >= 0.6 is 11.3 Å². The fourth-order valence-electron chi connectivity index (χ4n) is 1.90. The highest BCUT2D eigenvalue weighted by atomic mass is 32.1. The summed E-state index contributed by atoms with van der Waals surface area (Å²) in [7, 11) is 1.63. The number of nitrogens with zero attached hydrogens (tertiary/aromatic N) is 3.